The topological polar surface area (TPSA) is 147 Å². The third-order valence-corrected chi connectivity index (χ3v) is 11.7. The van der Waals surface area contributed by atoms with E-state index in [1.807, 2.05) is 169 Å². The molecule has 0 bridgehead atoms. The van der Waals surface area contributed by atoms with Gasteiger partial charge in [0, 0.05) is 72.9 Å². The molecule has 15 heteroatoms. The van der Waals surface area contributed by atoms with E-state index in [-0.39, 0.29) is 24.1 Å². The summed E-state index contributed by atoms with van der Waals surface area (Å²) in [6.07, 6.45) is 11.1. The number of likely N-dealkylation sites (tertiary alicyclic amines) is 2. The molecular weight excluding hydrogens is 904 g/mol. The first-order valence-electron chi connectivity index (χ1n) is 22.9. The van der Waals surface area contributed by atoms with Gasteiger partial charge in [0.2, 0.25) is 11.1 Å². The number of pyridine rings is 2. The van der Waals surface area contributed by atoms with Gasteiger partial charge in [-0.3, -0.25) is 28.9 Å². The molecular formula is C55H53ClN8O6. The fourth-order valence-electron chi connectivity index (χ4n) is 8.27. The molecule has 70 heavy (non-hydrogen) atoms. The number of carbonyl (C=O) groups excluding carboxylic acids is 3. The van der Waals surface area contributed by atoms with Crippen molar-refractivity contribution in [3.8, 4) is 45.5 Å². The maximum absolute atomic E-state index is 12.5. The van der Waals surface area contributed by atoms with Crippen LogP contribution in [0.5, 0.6) is 23.0 Å². The molecule has 4 aromatic carbocycles. The number of carbonyl (C=O) groups is 3. The van der Waals surface area contributed by atoms with Crippen LogP contribution >= 0.6 is 11.6 Å². The van der Waals surface area contributed by atoms with Crippen LogP contribution in [-0.2, 0) is 14.3 Å². The van der Waals surface area contributed by atoms with E-state index in [1.54, 1.807) is 17.3 Å². The third kappa shape index (κ3) is 11.8. The summed E-state index contributed by atoms with van der Waals surface area (Å²) in [6, 6.07) is 39.4. The zero-order valence-electron chi connectivity index (χ0n) is 39.2. The number of hydrogen-bond donors (Lipinski definition) is 0. The normalized spacial score (nSPS) is 15.3. The van der Waals surface area contributed by atoms with Crippen molar-refractivity contribution in [2.75, 3.05) is 26.2 Å². The number of benzene rings is 4. The number of para-hydroxylation sites is 2. The second-order valence-corrected chi connectivity index (χ2v) is 17.9. The minimum atomic E-state index is -0.511. The minimum Gasteiger partial charge on any atom is -0.457 e. The van der Waals surface area contributed by atoms with Crippen LogP contribution in [0, 0.1) is 0 Å². The number of amides is 2. The molecule has 0 N–H and O–H groups in total. The molecule has 0 spiro atoms. The average Bonchev–Trinajstić information content (AvgIpc) is 4.21. The zero-order chi connectivity index (χ0) is 49.2. The van der Waals surface area contributed by atoms with Crippen molar-refractivity contribution in [1.82, 2.24) is 39.3 Å². The van der Waals surface area contributed by atoms with Gasteiger partial charge in [0.05, 0.1) is 23.1 Å². The number of halogens is 1. The van der Waals surface area contributed by atoms with Crippen molar-refractivity contribution in [3.05, 3.63) is 171 Å². The predicted octanol–water partition coefficient (Wildman–Crippen LogP) is 11.9. The van der Waals surface area contributed by atoms with Gasteiger partial charge in [-0.2, -0.15) is 10.2 Å². The van der Waals surface area contributed by atoms with Crippen molar-refractivity contribution in [2.24, 2.45) is 0 Å². The summed E-state index contributed by atoms with van der Waals surface area (Å²) >= 11 is 4.71. The average molecular weight is 958 g/mol. The molecule has 6 heterocycles. The molecule has 0 aliphatic carbocycles. The Balaban J connectivity index is 0.000000172. The monoisotopic (exact) mass is 956 g/mol. The second-order valence-electron chi connectivity index (χ2n) is 17.6. The summed E-state index contributed by atoms with van der Waals surface area (Å²) in [7, 11) is 0. The molecule has 2 atom stereocenters. The van der Waals surface area contributed by atoms with Crippen LogP contribution < -0.4 is 9.47 Å². The quantitative estimate of drug-likeness (QED) is 0.0958. The summed E-state index contributed by atoms with van der Waals surface area (Å²) in [5, 5.41) is 11.4. The molecule has 10 rings (SSSR count). The zero-order valence-corrected chi connectivity index (χ0v) is 40.0. The van der Waals surface area contributed by atoms with Crippen molar-refractivity contribution >= 4 is 50.6 Å². The summed E-state index contributed by atoms with van der Waals surface area (Å²) in [5.74, 6) is 3.10. The Morgan fingerprint density at radius 3 is 1.43 bits per heavy atom. The highest BCUT2D eigenvalue weighted by Crippen LogP contribution is 2.36. The van der Waals surface area contributed by atoms with E-state index in [0.29, 0.717) is 26.2 Å². The first kappa shape index (κ1) is 48.4. The first-order chi connectivity index (χ1) is 33.9. The van der Waals surface area contributed by atoms with Gasteiger partial charge in [0.25, 0.3) is 0 Å². The lowest BCUT2D eigenvalue weighted by atomic mass is 10.1. The highest BCUT2D eigenvalue weighted by Gasteiger charge is 2.33. The molecule has 8 aromatic rings. The number of allylic oxidation sites excluding steroid dienone is 1. The van der Waals surface area contributed by atoms with Crippen LogP contribution in [0.2, 0.25) is 0 Å². The third-order valence-electron chi connectivity index (χ3n) is 11.5. The standard InChI is InChI=1S/C27H28N4O3.C25H22N4O2.C3H3ClO/c1-27(2,3)34-26(32)30-16-14-20(18-30)31-24-13-15-28-17-23(24)25(29-31)19-9-11-22(12-10-19)33-21-7-5-4-6-8-21;1-2-24(30)28-15-13-19(17-28)29-23-12-14-26-16-22(23)25(27-29)18-8-10-21(11-9-18)31-20-6-4-3-5-7-20;1-2-3(4)5/h4-13,15,17,20H,14,16,18H2,1-3H3;2-12,14,16,19H,1,13,15,17H2;2H,1H2/t20-;19-;/m11./s1. The molecule has 0 saturated carbocycles. The fraction of sp³-hybridized carbons (Fsp3) is 0.218. The smallest absolute Gasteiger partial charge is 0.410 e. The first-order valence-corrected chi connectivity index (χ1v) is 23.3. The van der Waals surface area contributed by atoms with E-state index in [9.17, 15) is 14.4 Å². The number of nitrogens with zero attached hydrogens (tertiary/aromatic N) is 8. The van der Waals surface area contributed by atoms with Gasteiger partial charge in [0.1, 0.15) is 40.0 Å². The Bertz CT molecular complexity index is 3100. The van der Waals surface area contributed by atoms with Crippen LogP contribution in [0.25, 0.3) is 44.3 Å². The highest BCUT2D eigenvalue weighted by atomic mass is 35.5. The Labute approximate surface area is 411 Å². The van der Waals surface area contributed by atoms with Crippen LogP contribution in [0.3, 0.4) is 0 Å². The van der Waals surface area contributed by atoms with Crippen LogP contribution in [0.15, 0.2) is 171 Å². The molecule has 4 aromatic heterocycles. The van der Waals surface area contributed by atoms with E-state index in [0.717, 1.165) is 86.2 Å². The number of fused-ring (bicyclic) bond motifs is 2. The number of aromatic nitrogens is 6. The number of hydrogen-bond acceptors (Lipinski definition) is 10. The molecule has 14 nitrogen and oxygen atoms in total. The van der Waals surface area contributed by atoms with Gasteiger partial charge < -0.3 is 24.0 Å². The van der Waals surface area contributed by atoms with Crippen LogP contribution in [-0.4, -0.2) is 88.4 Å². The maximum Gasteiger partial charge on any atom is 0.410 e. The van der Waals surface area contributed by atoms with E-state index >= 15 is 0 Å². The lowest BCUT2D eigenvalue weighted by Gasteiger charge is -2.24. The van der Waals surface area contributed by atoms with E-state index < -0.39 is 10.8 Å². The molecule has 0 unspecified atom stereocenters. The molecule has 0 radical (unpaired) electrons. The number of ether oxygens (including phenoxy) is 3. The van der Waals surface area contributed by atoms with E-state index in [2.05, 4.69) is 23.1 Å². The van der Waals surface area contributed by atoms with E-state index in [4.69, 9.17) is 36.0 Å². The summed E-state index contributed by atoms with van der Waals surface area (Å²) in [4.78, 5) is 46.2. The Morgan fingerprint density at radius 2 is 1.01 bits per heavy atom. The van der Waals surface area contributed by atoms with Gasteiger partial charge in [-0.25, -0.2) is 4.79 Å². The maximum atomic E-state index is 12.5. The fourth-order valence-corrected chi connectivity index (χ4v) is 8.27. The van der Waals surface area contributed by atoms with Gasteiger partial charge in [-0.05, 0) is 142 Å². The molecule has 356 valence electrons. The second kappa shape index (κ2) is 21.9. The molecule has 2 aliphatic heterocycles. The Morgan fingerprint density at radius 1 is 0.600 bits per heavy atom. The van der Waals surface area contributed by atoms with Gasteiger partial charge in [-0.15, -0.1) is 0 Å². The Hall–Kier alpha value is -8.10. The Kier molecular flexibility index (Phi) is 15.1. The SMILES string of the molecule is C=CC(=O)Cl.C=CC(=O)N1CC[C@@H](n2nc(-c3ccc(Oc4ccccc4)cc3)c3cnccc32)C1.CC(C)(C)OC(=O)N1CC[C@@H](n2nc(-c3ccc(Oc4ccccc4)cc3)c3cnccc32)C1. The summed E-state index contributed by atoms with van der Waals surface area (Å²) < 4.78 is 21.5. The molecule has 2 amide bonds. The van der Waals surface area contributed by atoms with Crippen molar-refractivity contribution in [1.29, 1.82) is 0 Å². The van der Waals surface area contributed by atoms with Gasteiger partial charge >= 0.3 is 6.09 Å². The van der Waals surface area contributed by atoms with Crippen LogP contribution in [0.4, 0.5) is 4.79 Å². The summed E-state index contributed by atoms with van der Waals surface area (Å²) in [6.45, 7) is 14.9. The van der Waals surface area contributed by atoms with Gasteiger partial charge in [-0.1, -0.05) is 49.6 Å². The largest absolute Gasteiger partial charge is 0.457 e. The number of rotatable bonds is 10. The van der Waals surface area contributed by atoms with Gasteiger partial charge in [0.15, 0.2) is 0 Å². The predicted molar refractivity (Wildman–Crippen MR) is 272 cm³/mol. The van der Waals surface area contributed by atoms with Crippen LogP contribution in [0.1, 0.15) is 45.7 Å². The van der Waals surface area contributed by atoms with Crippen molar-refractivity contribution < 1.29 is 28.6 Å². The highest BCUT2D eigenvalue weighted by molar-refractivity contribution is 6.66. The lowest BCUT2D eigenvalue weighted by molar-refractivity contribution is -0.125. The molecule has 2 aliphatic rings. The van der Waals surface area contributed by atoms with Crippen molar-refractivity contribution in [3.63, 3.8) is 0 Å². The molecule has 2 saturated heterocycles. The molecule has 2 fully saturated rings. The minimum absolute atomic E-state index is 0.0325. The van der Waals surface area contributed by atoms with Crippen molar-refractivity contribution in [2.45, 2.75) is 51.3 Å². The summed E-state index contributed by atoms with van der Waals surface area (Å²) in [5.41, 5.74) is 5.24. The van der Waals surface area contributed by atoms with E-state index in [1.165, 1.54) is 6.08 Å². The lowest BCUT2D eigenvalue weighted by Crippen LogP contribution is -2.35.